The number of benzene rings is 1. The Morgan fingerprint density at radius 2 is 1.88 bits per heavy atom. The smallest absolute Gasteiger partial charge is 0.182 e. The van der Waals surface area contributed by atoms with Crippen LogP contribution in [-0.4, -0.2) is 27.2 Å². The second-order valence-corrected chi connectivity index (χ2v) is 6.57. The van der Waals surface area contributed by atoms with Gasteiger partial charge in [-0.25, -0.2) is 9.50 Å². The minimum absolute atomic E-state index is 0.669. The number of fused-ring (bicyclic) bond motifs is 1. The van der Waals surface area contributed by atoms with Gasteiger partial charge in [0.05, 0.1) is 0 Å². The maximum atomic E-state index is 4.73. The van der Waals surface area contributed by atoms with Crippen molar-refractivity contribution in [2.24, 2.45) is 0 Å². The molecule has 0 saturated heterocycles. The first-order valence-corrected chi connectivity index (χ1v) is 9.03. The zero-order valence-electron chi connectivity index (χ0n) is 14.2. The number of hydrogen-bond donors (Lipinski definition) is 0. The molecular formula is C20H24N4. The van der Waals surface area contributed by atoms with Crippen molar-refractivity contribution in [2.75, 3.05) is 11.4 Å². The summed E-state index contributed by atoms with van der Waals surface area (Å²) in [4.78, 5) is 7.27. The summed E-state index contributed by atoms with van der Waals surface area (Å²) in [5, 5.41) is 4.61. The summed E-state index contributed by atoms with van der Waals surface area (Å²) in [6, 6.07) is 15.2. The third kappa shape index (κ3) is 2.88. The Labute approximate surface area is 143 Å². The molecule has 0 bridgehead atoms. The van der Waals surface area contributed by atoms with Crippen molar-refractivity contribution in [1.82, 2.24) is 14.6 Å². The number of hydrogen-bond acceptors (Lipinski definition) is 3. The SMILES string of the molecule is CCN(c1ccn2nc(-c3ccccc3)nc2c1)C1CCCCC1. The zero-order chi connectivity index (χ0) is 16.4. The molecule has 0 unspecified atom stereocenters. The van der Waals surface area contributed by atoms with E-state index in [2.05, 4.69) is 41.2 Å². The van der Waals surface area contributed by atoms with E-state index in [0.29, 0.717) is 6.04 Å². The Morgan fingerprint density at radius 3 is 2.62 bits per heavy atom. The van der Waals surface area contributed by atoms with E-state index >= 15 is 0 Å². The van der Waals surface area contributed by atoms with Gasteiger partial charge in [0.25, 0.3) is 0 Å². The van der Waals surface area contributed by atoms with Crippen molar-refractivity contribution < 1.29 is 0 Å². The van der Waals surface area contributed by atoms with Crippen LogP contribution in [-0.2, 0) is 0 Å². The first-order chi connectivity index (χ1) is 11.8. The number of nitrogens with zero attached hydrogens (tertiary/aromatic N) is 4. The molecule has 124 valence electrons. The summed E-state index contributed by atoms with van der Waals surface area (Å²) in [5.41, 5.74) is 3.24. The first-order valence-electron chi connectivity index (χ1n) is 9.03. The van der Waals surface area contributed by atoms with E-state index in [1.54, 1.807) is 0 Å². The average molecular weight is 320 g/mol. The average Bonchev–Trinajstić information content (AvgIpc) is 3.07. The minimum atomic E-state index is 0.669. The van der Waals surface area contributed by atoms with Crippen LogP contribution in [0.1, 0.15) is 39.0 Å². The van der Waals surface area contributed by atoms with Crippen LogP contribution in [0.5, 0.6) is 0 Å². The molecule has 1 saturated carbocycles. The van der Waals surface area contributed by atoms with Crippen LogP contribution in [0.4, 0.5) is 5.69 Å². The number of anilines is 1. The summed E-state index contributed by atoms with van der Waals surface area (Å²) in [7, 11) is 0. The highest BCUT2D eigenvalue weighted by Gasteiger charge is 2.20. The van der Waals surface area contributed by atoms with Crippen LogP contribution in [0.15, 0.2) is 48.7 Å². The van der Waals surface area contributed by atoms with Gasteiger partial charge < -0.3 is 4.90 Å². The van der Waals surface area contributed by atoms with E-state index in [9.17, 15) is 0 Å². The molecule has 1 aliphatic rings. The van der Waals surface area contributed by atoms with Crippen molar-refractivity contribution in [3.05, 3.63) is 48.7 Å². The highest BCUT2D eigenvalue weighted by molar-refractivity contribution is 5.62. The minimum Gasteiger partial charge on any atom is -0.369 e. The van der Waals surface area contributed by atoms with Crippen molar-refractivity contribution in [3.63, 3.8) is 0 Å². The van der Waals surface area contributed by atoms with Crippen LogP contribution in [0.3, 0.4) is 0 Å². The molecule has 4 heteroatoms. The molecule has 0 spiro atoms. The molecular weight excluding hydrogens is 296 g/mol. The Hall–Kier alpha value is -2.36. The van der Waals surface area contributed by atoms with E-state index < -0.39 is 0 Å². The highest BCUT2D eigenvalue weighted by Crippen LogP contribution is 2.28. The van der Waals surface area contributed by atoms with E-state index in [-0.39, 0.29) is 0 Å². The molecule has 1 aliphatic carbocycles. The monoisotopic (exact) mass is 320 g/mol. The van der Waals surface area contributed by atoms with Gasteiger partial charge in [0.15, 0.2) is 11.5 Å². The quantitative estimate of drug-likeness (QED) is 0.707. The molecule has 1 fully saturated rings. The van der Waals surface area contributed by atoms with Crippen LogP contribution < -0.4 is 4.90 Å². The Balaban J connectivity index is 1.67. The van der Waals surface area contributed by atoms with Crippen LogP contribution in [0, 0.1) is 0 Å². The molecule has 24 heavy (non-hydrogen) atoms. The summed E-state index contributed by atoms with van der Waals surface area (Å²) in [6.45, 7) is 3.29. The lowest BCUT2D eigenvalue weighted by atomic mass is 9.94. The number of rotatable bonds is 4. The molecule has 4 nitrogen and oxygen atoms in total. The Bertz CT molecular complexity index is 803. The van der Waals surface area contributed by atoms with Gasteiger partial charge in [-0.2, -0.15) is 0 Å². The molecule has 0 aliphatic heterocycles. The standard InChI is InChI=1S/C20H24N4/c1-2-23(17-11-7-4-8-12-17)18-13-14-24-19(15-18)21-20(22-24)16-9-5-3-6-10-16/h3,5-6,9-10,13-15,17H,2,4,7-8,11-12H2,1H3. The fraction of sp³-hybridized carbons (Fsp3) is 0.400. The van der Waals surface area contributed by atoms with Gasteiger partial charge in [-0.05, 0) is 25.8 Å². The van der Waals surface area contributed by atoms with E-state index in [4.69, 9.17) is 4.98 Å². The predicted molar refractivity (Wildman–Crippen MR) is 98.3 cm³/mol. The van der Waals surface area contributed by atoms with Gasteiger partial charge in [-0.15, -0.1) is 5.10 Å². The van der Waals surface area contributed by atoms with Crippen LogP contribution in [0.25, 0.3) is 17.0 Å². The third-order valence-corrected chi connectivity index (χ3v) is 5.04. The molecule has 2 aromatic heterocycles. The maximum absolute atomic E-state index is 4.73. The lowest BCUT2D eigenvalue weighted by Gasteiger charge is -2.35. The molecule has 0 radical (unpaired) electrons. The van der Waals surface area contributed by atoms with Gasteiger partial charge >= 0.3 is 0 Å². The van der Waals surface area contributed by atoms with Gasteiger partial charge in [-0.1, -0.05) is 49.6 Å². The highest BCUT2D eigenvalue weighted by atomic mass is 15.3. The summed E-state index contributed by atoms with van der Waals surface area (Å²) < 4.78 is 1.88. The summed E-state index contributed by atoms with van der Waals surface area (Å²) in [6.07, 6.45) is 8.74. The summed E-state index contributed by atoms with van der Waals surface area (Å²) in [5.74, 6) is 0.786. The van der Waals surface area contributed by atoms with Gasteiger partial charge in [0.2, 0.25) is 0 Å². The molecule has 0 N–H and O–H groups in total. The molecule has 4 rings (SSSR count). The lowest BCUT2D eigenvalue weighted by molar-refractivity contribution is 0.418. The number of aromatic nitrogens is 3. The van der Waals surface area contributed by atoms with Gasteiger partial charge in [-0.3, -0.25) is 0 Å². The summed E-state index contributed by atoms with van der Waals surface area (Å²) >= 11 is 0. The van der Waals surface area contributed by atoms with E-state index in [1.165, 1.54) is 37.8 Å². The van der Waals surface area contributed by atoms with Crippen molar-refractivity contribution in [2.45, 2.75) is 45.1 Å². The maximum Gasteiger partial charge on any atom is 0.182 e. The normalized spacial score (nSPS) is 15.7. The fourth-order valence-corrected chi connectivity index (χ4v) is 3.80. The number of pyridine rings is 1. The van der Waals surface area contributed by atoms with Gasteiger partial charge in [0, 0.05) is 36.1 Å². The molecule has 0 atom stereocenters. The Morgan fingerprint density at radius 1 is 1.08 bits per heavy atom. The van der Waals surface area contributed by atoms with Crippen molar-refractivity contribution in [1.29, 1.82) is 0 Å². The van der Waals surface area contributed by atoms with Crippen molar-refractivity contribution >= 4 is 11.3 Å². The lowest BCUT2D eigenvalue weighted by Crippen LogP contribution is -2.36. The van der Waals surface area contributed by atoms with E-state index in [1.807, 2.05) is 28.9 Å². The second kappa shape index (κ2) is 6.63. The third-order valence-electron chi connectivity index (χ3n) is 5.04. The van der Waals surface area contributed by atoms with Crippen LogP contribution in [0.2, 0.25) is 0 Å². The van der Waals surface area contributed by atoms with Crippen LogP contribution >= 0.6 is 0 Å². The second-order valence-electron chi connectivity index (χ2n) is 6.57. The molecule has 0 amide bonds. The van der Waals surface area contributed by atoms with Crippen molar-refractivity contribution in [3.8, 4) is 11.4 Å². The zero-order valence-corrected chi connectivity index (χ0v) is 14.2. The largest absolute Gasteiger partial charge is 0.369 e. The molecule has 3 aromatic rings. The Kier molecular flexibility index (Phi) is 4.20. The van der Waals surface area contributed by atoms with E-state index in [0.717, 1.165) is 23.6 Å². The first kappa shape index (κ1) is 15.2. The topological polar surface area (TPSA) is 33.4 Å². The molecule has 1 aromatic carbocycles. The fourth-order valence-electron chi connectivity index (χ4n) is 3.80. The van der Waals surface area contributed by atoms with Gasteiger partial charge in [0.1, 0.15) is 0 Å². The molecule has 2 heterocycles. The predicted octanol–water partition coefficient (Wildman–Crippen LogP) is 4.56.